The van der Waals surface area contributed by atoms with Crippen molar-refractivity contribution in [3.05, 3.63) is 52.0 Å². The molecule has 1 atom stereocenters. The molecular formula is C17H23NOS. The van der Waals surface area contributed by atoms with Crippen LogP contribution in [0.2, 0.25) is 0 Å². The van der Waals surface area contributed by atoms with E-state index < -0.39 is 6.10 Å². The van der Waals surface area contributed by atoms with Crippen molar-refractivity contribution in [2.24, 2.45) is 0 Å². The minimum absolute atomic E-state index is 0.182. The second-order valence-corrected chi connectivity index (χ2v) is 6.37. The van der Waals surface area contributed by atoms with E-state index in [1.165, 1.54) is 5.56 Å². The summed E-state index contributed by atoms with van der Waals surface area (Å²) in [6.45, 7) is 6.32. The van der Waals surface area contributed by atoms with Crippen LogP contribution >= 0.6 is 11.3 Å². The number of hydrogen-bond acceptors (Lipinski definition) is 3. The highest BCUT2D eigenvalue weighted by Gasteiger charge is 2.36. The fourth-order valence-corrected chi connectivity index (χ4v) is 3.61. The Bertz CT molecular complexity index is 531. The van der Waals surface area contributed by atoms with E-state index in [1.807, 2.05) is 13.0 Å². The van der Waals surface area contributed by atoms with Gasteiger partial charge in [-0.1, -0.05) is 44.2 Å². The predicted octanol–water partition coefficient (Wildman–Crippen LogP) is 4.11. The Morgan fingerprint density at radius 1 is 1.20 bits per heavy atom. The number of nitrogens with zero attached hydrogens (tertiary/aromatic N) is 1. The molecule has 0 aliphatic rings. The monoisotopic (exact) mass is 289 g/mol. The van der Waals surface area contributed by atoms with E-state index in [0.29, 0.717) is 6.42 Å². The number of hydrogen-bond donors (Lipinski definition) is 1. The van der Waals surface area contributed by atoms with Crippen LogP contribution in [-0.2, 0) is 11.8 Å². The van der Waals surface area contributed by atoms with E-state index in [9.17, 15) is 5.11 Å². The van der Waals surface area contributed by atoms with E-state index in [-0.39, 0.29) is 5.41 Å². The first kappa shape index (κ1) is 15.2. The summed E-state index contributed by atoms with van der Waals surface area (Å²) in [5.74, 6) is 0. The number of aliphatic hydroxyl groups excluding tert-OH is 1. The molecule has 2 nitrogen and oxygen atoms in total. The van der Waals surface area contributed by atoms with Crippen LogP contribution in [-0.4, -0.2) is 16.2 Å². The first-order chi connectivity index (χ1) is 9.62. The van der Waals surface area contributed by atoms with Gasteiger partial charge in [0.25, 0.3) is 0 Å². The molecule has 2 aromatic rings. The van der Waals surface area contributed by atoms with E-state index in [2.05, 4.69) is 48.5 Å². The van der Waals surface area contributed by atoms with Gasteiger partial charge in [-0.25, -0.2) is 4.98 Å². The Morgan fingerprint density at radius 3 is 2.35 bits per heavy atom. The second-order valence-electron chi connectivity index (χ2n) is 5.31. The molecule has 0 amide bonds. The van der Waals surface area contributed by atoms with Crippen molar-refractivity contribution in [3.8, 4) is 0 Å². The number of aliphatic hydroxyl groups is 1. The van der Waals surface area contributed by atoms with Crippen LogP contribution in [0.15, 0.2) is 35.7 Å². The Morgan fingerprint density at radius 2 is 1.85 bits per heavy atom. The molecule has 1 heterocycles. The van der Waals surface area contributed by atoms with Crippen LogP contribution in [0.1, 0.15) is 43.0 Å². The van der Waals surface area contributed by atoms with Gasteiger partial charge in [0.2, 0.25) is 0 Å². The van der Waals surface area contributed by atoms with E-state index in [4.69, 9.17) is 0 Å². The van der Waals surface area contributed by atoms with Crippen molar-refractivity contribution in [1.82, 2.24) is 4.98 Å². The van der Waals surface area contributed by atoms with Crippen molar-refractivity contribution in [1.29, 1.82) is 0 Å². The number of benzene rings is 1. The van der Waals surface area contributed by atoms with Gasteiger partial charge in [0.15, 0.2) is 0 Å². The van der Waals surface area contributed by atoms with Crippen LogP contribution in [0.4, 0.5) is 0 Å². The summed E-state index contributed by atoms with van der Waals surface area (Å²) in [4.78, 5) is 4.48. The van der Waals surface area contributed by atoms with Gasteiger partial charge in [-0.15, -0.1) is 11.3 Å². The number of thiazole rings is 1. The SMILES string of the molecule is CCC(CC)(c1ccccc1)C(O)Cc1csc(C)n1. The third-order valence-corrected chi connectivity index (χ3v) is 5.14. The number of rotatable bonds is 6. The average Bonchev–Trinajstić information content (AvgIpc) is 2.87. The molecule has 1 aromatic heterocycles. The topological polar surface area (TPSA) is 33.1 Å². The van der Waals surface area contributed by atoms with Crippen LogP contribution in [0.25, 0.3) is 0 Å². The first-order valence-corrected chi connectivity index (χ1v) is 8.15. The van der Waals surface area contributed by atoms with Gasteiger partial charge < -0.3 is 5.11 Å². The normalized spacial score (nSPS) is 13.4. The van der Waals surface area contributed by atoms with Crippen molar-refractivity contribution in [3.63, 3.8) is 0 Å². The molecule has 0 aliphatic carbocycles. The highest BCUT2D eigenvalue weighted by atomic mass is 32.1. The first-order valence-electron chi connectivity index (χ1n) is 7.27. The lowest BCUT2D eigenvalue weighted by atomic mass is 9.70. The molecule has 3 heteroatoms. The zero-order valence-corrected chi connectivity index (χ0v) is 13.3. The molecule has 0 fully saturated rings. The van der Waals surface area contributed by atoms with Gasteiger partial charge in [0.1, 0.15) is 0 Å². The standard InChI is InChI=1S/C17H23NOS/c1-4-17(5-2,14-9-7-6-8-10-14)16(19)11-15-12-20-13(3)18-15/h6-10,12,16,19H,4-5,11H2,1-3H3. The third kappa shape index (κ3) is 2.94. The lowest BCUT2D eigenvalue weighted by Gasteiger charge is -2.37. The molecule has 0 radical (unpaired) electrons. The summed E-state index contributed by atoms with van der Waals surface area (Å²) in [5, 5.41) is 14.0. The van der Waals surface area contributed by atoms with Crippen molar-refractivity contribution >= 4 is 11.3 Å². The second kappa shape index (κ2) is 6.51. The van der Waals surface area contributed by atoms with Gasteiger partial charge >= 0.3 is 0 Å². The van der Waals surface area contributed by atoms with Crippen LogP contribution in [0, 0.1) is 6.92 Å². The maximum Gasteiger partial charge on any atom is 0.0897 e. The maximum atomic E-state index is 10.8. The average molecular weight is 289 g/mol. The van der Waals surface area contributed by atoms with E-state index >= 15 is 0 Å². The zero-order valence-electron chi connectivity index (χ0n) is 12.5. The summed E-state index contributed by atoms with van der Waals surface area (Å²) in [7, 11) is 0. The van der Waals surface area contributed by atoms with Crippen molar-refractivity contribution in [2.45, 2.75) is 51.6 Å². The summed E-state index contributed by atoms with van der Waals surface area (Å²) < 4.78 is 0. The van der Waals surface area contributed by atoms with E-state index in [0.717, 1.165) is 23.5 Å². The van der Waals surface area contributed by atoms with Gasteiger partial charge in [-0.05, 0) is 25.3 Å². The molecule has 0 spiro atoms. The molecule has 0 saturated heterocycles. The third-order valence-electron chi connectivity index (χ3n) is 4.32. The predicted molar refractivity (Wildman–Crippen MR) is 85.3 cm³/mol. The minimum atomic E-state index is -0.401. The fourth-order valence-electron chi connectivity index (χ4n) is 2.99. The molecule has 1 aromatic carbocycles. The zero-order chi connectivity index (χ0) is 14.6. The molecule has 0 aliphatic heterocycles. The quantitative estimate of drug-likeness (QED) is 0.868. The van der Waals surface area contributed by atoms with Crippen LogP contribution in [0.5, 0.6) is 0 Å². The maximum absolute atomic E-state index is 10.8. The lowest BCUT2D eigenvalue weighted by Crippen LogP contribution is -2.40. The summed E-state index contributed by atoms with van der Waals surface area (Å²) >= 11 is 1.65. The Hall–Kier alpha value is -1.19. The largest absolute Gasteiger partial charge is 0.392 e. The molecule has 0 saturated carbocycles. The molecular weight excluding hydrogens is 266 g/mol. The van der Waals surface area contributed by atoms with Crippen LogP contribution < -0.4 is 0 Å². The summed E-state index contributed by atoms with van der Waals surface area (Å²) in [6.07, 6.45) is 2.08. The highest BCUT2D eigenvalue weighted by molar-refractivity contribution is 7.09. The van der Waals surface area contributed by atoms with Gasteiger partial charge in [0.05, 0.1) is 16.8 Å². The molecule has 108 valence electrons. The molecule has 20 heavy (non-hydrogen) atoms. The van der Waals surface area contributed by atoms with Gasteiger partial charge in [-0.3, -0.25) is 0 Å². The number of aromatic nitrogens is 1. The Balaban J connectivity index is 2.28. The number of aryl methyl sites for hydroxylation is 1. The molecule has 1 unspecified atom stereocenters. The molecule has 2 rings (SSSR count). The smallest absolute Gasteiger partial charge is 0.0897 e. The summed E-state index contributed by atoms with van der Waals surface area (Å²) in [6, 6.07) is 10.4. The highest BCUT2D eigenvalue weighted by Crippen LogP contribution is 2.36. The van der Waals surface area contributed by atoms with Gasteiger partial charge in [-0.2, -0.15) is 0 Å². The molecule has 1 N–H and O–H groups in total. The molecule has 0 bridgehead atoms. The Kier molecular flexibility index (Phi) is 4.95. The van der Waals surface area contributed by atoms with Crippen LogP contribution in [0.3, 0.4) is 0 Å². The van der Waals surface area contributed by atoms with Gasteiger partial charge in [0, 0.05) is 17.2 Å². The van der Waals surface area contributed by atoms with E-state index in [1.54, 1.807) is 11.3 Å². The van der Waals surface area contributed by atoms with Crippen molar-refractivity contribution < 1.29 is 5.11 Å². The fraction of sp³-hybridized carbons (Fsp3) is 0.471. The summed E-state index contributed by atoms with van der Waals surface area (Å²) in [5.41, 5.74) is 2.05. The Labute approximate surface area is 125 Å². The minimum Gasteiger partial charge on any atom is -0.392 e. The van der Waals surface area contributed by atoms with Crippen molar-refractivity contribution in [2.75, 3.05) is 0 Å². The lowest BCUT2D eigenvalue weighted by molar-refractivity contribution is 0.0726.